The minimum absolute atomic E-state index is 0.317. The van der Waals surface area contributed by atoms with Gasteiger partial charge in [0.15, 0.2) is 0 Å². The lowest BCUT2D eigenvalue weighted by atomic mass is 10.1. The summed E-state index contributed by atoms with van der Waals surface area (Å²) >= 11 is 0. The van der Waals surface area contributed by atoms with E-state index in [0.29, 0.717) is 17.7 Å². The van der Waals surface area contributed by atoms with Crippen LogP contribution in [-0.4, -0.2) is 29.8 Å². The van der Waals surface area contributed by atoms with Gasteiger partial charge < -0.3 is 4.90 Å². The second-order valence-corrected chi connectivity index (χ2v) is 3.68. The number of carbonyl (C=O) groups excluding carboxylic acids is 1. The number of Topliss-reactive ketones (excluding diaryl/α,β-unsaturated/α-hetero) is 1. The van der Waals surface area contributed by atoms with E-state index in [9.17, 15) is 4.79 Å². The summed E-state index contributed by atoms with van der Waals surface area (Å²) in [5.74, 6) is 0.672. The third-order valence-corrected chi connectivity index (χ3v) is 2.52. The average Bonchev–Trinajstić information content (AvgIpc) is 2.33. The Morgan fingerprint density at radius 1 is 1.55 bits per heavy atom. The van der Waals surface area contributed by atoms with Crippen molar-refractivity contribution in [2.24, 2.45) is 5.92 Å². The molecule has 0 N–H and O–H groups in total. The first-order valence-corrected chi connectivity index (χ1v) is 4.35. The lowest BCUT2D eigenvalue weighted by Gasteiger charge is -2.19. The van der Waals surface area contributed by atoms with Crippen LogP contribution in [0.2, 0.25) is 0 Å². The van der Waals surface area contributed by atoms with E-state index in [1.54, 1.807) is 6.92 Å². The van der Waals surface area contributed by atoms with E-state index < -0.39 is 0 Å². The van der Waals surface area contributed by atoms with Crippen LogP contribution in [-0.2, 0) is 4.79 Å². The predicted octanol–water partition coefficient (Wildman–Crippen LogP) is 1.31. The van der Waals surface area contributed by atoms with Gasteiger partial charge in [-0.05, 0) is 33.7 Å². The van der Waals surface area contributed by atoms with E-state index in [4.69, 9.17) is 0 Å². The average molecular weight is 155 g/mol. The largest absolute Gasteiger partial charge is 0.300 e. The quantitative estimate of drug-likeness (QED) is 0.599. The monoisotopic (exact) mass is 155 g/mol. The van der Waals surface area contributed by atoms with Crippen molar-refractivity contribution in [3.05, 3.63) is 0 Å². The highest BCUT2D eigenvalue weighted by Gasteiger charge is 2.26. The minimum atomic E-state index is 0.317. The molecule has 1 fully saturated rings. The number of hydrogen-bond donors (Lipinski definition) is 0. The van der Waals surface area contributed by atoms with Crippen LogP contribution < -0.4 is 0 Å². The van der Waals surface area contributed by atoms with Gasteiger partial charge in [0.05, 0.1) is 0 Å². The van der Waals surface area contributed by atoms with Gasteiger partial charge in [-0.2, -0.15) is 0 Å². The van der Waals surface area contributed by atoms with Crippen molar-refractivity contribution in [2.45, 2.75) is 33.2 Å². The zero-order valence-corrected chi connectivity index (χ0v) is 7.63. The molecule has 2 nitrogen and oxygen atoms in total. The van der Waals surface area contributed by atoms with Gasteiger partial charge in [-0.3, -0.25) is 4.79 Å². The molecule has 0 aliphatic carbocycles. The Balaban J connectivity index is 2.41. The molecule has 0 aromatic carbocycles. The summed E-state index contributed by atoms with van der Waals surface area (Å²) in [6.45, 7) is 8.15. The fraction of sp³-hybridized carbons (Fsp3) is 0.889. The van der Waals surface area contributed by atoms with Gasteiger partial charge in [0.1, 0.15) is 5.78 Å². The summed E-state index contributed by atoms with van der Waals surface area (Å²) in [6.07, 6.45) is 1.06. The van der Waals surface area contributed by atoms with E-state index in [2.05, 4.69) is 18.7 Å². The van der Waals surface area contributed by atoms with Crippen molar-refractivity contribution in [1.82, 2.24) is 4.90 Å². The van der Waals surface area contributed by atoms with Crippen LogP contribution in [0.3, 0.4) is 0 Å². The van der Waals surface area contributed by atoms with Crippen molar-refractivity contribution < 1.29 is 4.79 Å². The first kappa shape index (κ1) is 8.72. The van der Waals surface area contributed by atoms with E-state index in [-0.39, 0.29) is 0 Å². The van der Waals surface area contributed by atoms with Crippen LogP contribution in [0.25, 0.3) is 0 Å². The third-order valence-electron chi connectivity index (χ3n) is 2.52. The predicted molar refractivity (Wildman–Crippen MR) is 45.5 cm³/mol. The van der Waals surface area contributed by atoms with E-state index >= 15 is 0 Å². The molecule has 0 aromatic rings. The maximum atomic E-state index is 11.0. The highest BCUT2D eigenvalue weighted by molar-refractivity contribution is 5.78. The summed E-state index contributed by atoms with van der Waals surface area (Å²) in [7, 11) is 0. The molecule has 1 aliphatic rings. The number of likely N-dealkylation sites (tertiary alicyclic amines) is 1. The Morgan fingerprint density at radius 2 is 2.18 bits per heavy atom. The lowest BCUT2D eigenvalue weighted by Crippen LogP contribution is -2.29. The molecular weight excluding hydrogens is 138 g/mol. The van der Waals surface area contributed by atoms with Crippen molar-refractivity contribution in [1.29, 1.82) is 0 Å². The van der Waals surface area contributed by atoms with Crippen LogP contribution in [0, 0.1) is 5.92 Å². The van der Waals surface area contributed by atoms with Gasteiger partial charge in [0, 0.05) is 18.5 Å². The van der Waals surface area contributed by atoms with Crippen LogP contribution in [0.4, 0.5) is 0 Å². The fourth-order valence-electron chi connectivity index (χ4n) is 1.59. The molecule has 1 saturated heterocycles. The third kappa shape index (κ3) is 2.03. The molecule has 0 aromatic heterocycles. The van der Waals surface area contributed by atoms with Gasteiger partial charge >= 0.3 is 0 Å². The second kappa shape index (κ2) is 3.35. The SMILES string of the molecule is CC(=O)[C@@H]1CCN(C(C)C)C1. The van der Waals surface area contributed by atoms with Gasteiger partial charge in [-0.1, -0.05) is 0 Å². The number of hydrogen-bond acceptors (Lipinski definition) is 2. The van der Waals surface area contributed by atoms with Crippen LogP contribution in [0.1, 0.15) is 27.2 Å². The molecule has 1 rings (SSSR count). The number of nitrogens with zero attached hydrogens (tertiary/aromatic N) is 1. The summed E-state index contributed by atoms with van der Waals surface area (Å²) in [4.78, 5) is 13.4. The van der Waals surface area contributed by atoms with Gasteiger partial charge in [-0.25, -0.2) is 0 Å². The smallest absolute Gasteiger partial charge is 0.134 e. The Kier molecular flexibility index (Phi) is 2.66. The van der Waals surface area contributed by atoms with Crippen molar-refractivity contribution in [3.63, 3.8) is 0 Å². The van der Waals surface area contributed by atoms with Crippen molar-refractivity contribution >= 4 is 5.78 Å². The molecule has 0 amide bonds. The Labute approximate surface area is 68.6 Å². The number of carbonyl (C=O) groups is 1. The Hall–Kier alpha value is -0.370. The topological polar surface area (TPSA) is 20.3 Å². The fourth-order valence-corrected chi connectivity index (χ4v) is 1.59. The van der Waals surface area contributed by atoms with E-state index in [0.717, 1.165) is 19.5 Å². The molecule has 0 unspecified atom stereocenters. The molecule has 64 valence electrons. The summed E-state index contributed by atoms with van der Waals surface area (Å²) < 4.78 is 0. The van der Waals surface area contributed by atoms with E-state index in [1.807, 2.05) is 0 Å². The lowest BCUT2D eigenvalue weighted by molar-refractivity contribution is -0.120. The standard InChI is InChI=1S/C9H17NO/c1-7(2)10-5-4-9(6-10)8(3)11/h7,9H,4-6H2,1-3H3/t9-/m1/s1. The molecule has 1 heterocycles. The van der Waals surface area contributed by atoms with Crippen LogP contribution >= 0.6 is 0 Å². The highest BCUT2D eigenvalue weighted by atomic mass is 16.1. The minimum Gasteiger partial charge on any atom is -0.300 e. The normalized spacial score (nSPS) is 26.4. The summed E-state index contributed by atoms with van der Waals surface area (Å²) in [6, 6.07) is 0.597. The van der Waals surface area contributed by atoms with E-state index in [1.165, 1.54) is 0 Å². The number of rotatable bonds is 2. The highest BCUT2D eigenvalue weighted by Crippen LogP contribution is 2.18. The number of ketones is 1. The molecule has 1 atom stereocenters. The van der Waals surface area contributed by atoms with Crippen molar-refractivity contribution in [3.8, 4) is 0 Å². The zero-order chi connectivity index (χ0) is 8.43. The molecule has 0 spiro atoms. The molecule has 2 heteroatoms. The molecule has 0 radical (unpaired) electrons. The zero-order valence-electron chi connectivity index (χ0n) is 7.63. The van der Waals surface area contributed by atoms with Crippen molar-refractivity contribution in [2.75, 3.05) is 13.1 Å². The maximum Gasteiger partial charge on any atom is 0.134 e. The Morgan fingerprint density at radius 3 is 2.45 bits per heavy atom. The van der Waals surface area contributed by atoms with Crippen LogP contribution in [0.5, 0.6) is 0 Å². The summed E-state index contributed by atoms with van der Waals surface area (Å²) in [5.41, 5.74) is 0. The first-order valence-electron chi connectivity index (χ1n) is 4.35. The molecule has 0 saturated carbocycles. The van der Waals surface area contributed by atoms with Crippen LogP contribution in [0.15, 0.2) is 0 Å². The molecule has 11 heavy (non-hydrogen) atoms. The molecule has 0 bridgehead atoms. The molecule has 1 aliphatic heterocycles. The van der Waals surface area contributed by atoms with Gasteiger partial charge in [-0.15, -0.1) is 0 Å². The van der Waals surface area contributed by atoms with Gasteiger partial charge in [0.25, 0.3) is 0 Å². The first-order chi connectivity index (χ1) is 5.11. The Bertz CT molecular complexity index is 154. The molecular formula is C9H17NO. The van der Waals surface area contributed by atoms with Gasteiger partial charge in [0.2, 0.25) is 0 Å². The second-order valence-electron chi connectivity index (χ2n) is 3.68. The summed E-state index contributed by atoms with van der Waals surface area (Å²) in [5, 5.41) is 0. The maximum absolute atomic E-state index is 11.0.